The van der Waals surface area contributed by atoms with E-state index < -0.39 is 0 Å². The van der Waals surface area contributed by atoms with Gasteiger partial charge in [0.05, 0.1) is 0 Å². The fourth-order valence-electron chi connectivity index (χ4n) is 2.29. The van der Waals surface area contributed by atoms with Gasteiger partial charge in [-0.3, -0.25) is 5.41 Å². The Kier molecular flexibility index (Phi) is 3.55. The highest BCUT2D eigenvalue weighted by Crippen LogP contribution is 2.36. The second-order valence-electron chi connectivity index (χ2n) is 5.76. The average molecular weight is 247 g/mol. The van der Waals surface area contributed by atoms with Gasteiger partial charge >= 0.3 is 0 Å². The van der Waals surface area contributed by atoms with E-state index in [-0.39, 0.29) is 11.9 Å². The molecule has 0 atom stereocenters. The fraction of sp³-hybridized carbons (Fsp3) is 0.571. The molecule has 4 heteroatoms. The number of nitrogen functional groups attached to an aromatic ring is 1. The maximum atomic E-state index is 7.36. The first-order chi connectivity index (χ1) is 8.46. The van der Waals surface area contributed by atoms with Crippen molar-refractivity contribution in [3.63, 3.8) is 0 Å². The lowest BCUT2D eigenvalue weighted by Gasteiger charge is -2.34. The molecule has 1 saturated carbocycles. The van der Waals surface area contributed by atoms with Crippen LogP contribution in [0.1, 0.15) is 45.2 Å². The lowest BCUT2D eigenvalue weighted by molar-refractivity contribution is 0.0949. The normalized spacial score (nSPS) is 19.4. The van der Waals surface area contributed by atoms with Crippen molar-refractivity contribution in [2.45, 2.75) is 45.6 Å². The van der Waals surface area contributed by atoms with Crippen molar-refractivity contribution < 1.29 is 4.74 Å². The molecule has 4 nitrogen and oxygen atoms in total. The Balaban J connectivity index is 1.98. The Bertz CT molecular complexity index is 432. The molecule has 0 amide bonds. The van der Waals surface area contributed by atoms with Gasteiger partial charge < -0.3 is 10.5 Å². The van der Waals surface area contributed by atoms with E-state index in [0.29, 0.717) is 17.0 Å². The van der Waals surface area contributed by atoms with Crippen LogP contribution in [-0.2, 0) is 0 Å². The number of nitrogens with two attached hydrogens (primary N) is 1. The van der Waals surface area contributed by atoms with E-state index >= 15 is 0 Å². The van der Waals surface area contributed by atoms with E-state index in [9.17, 15) is 0 Å². The minimum atomic E-state index is -0.0229. The highest BCUT2D eigenvalue weighted by atomic mass is 16.5. The lowest BCUT2D eigenvalue weighted by atomic mass is 9.76. The number of amidine groups is 1. The smallest absolute Gasteiger partial charge is 0.214 e. The van der Waals surface area contributed by atoms with Gasteiger partial charge in [0.25, 0.3) is 0 Å². The van der Waals surface area contributed by atoms with E-state index in [0.717, 1.165) is 12.8 Å². The van der Waals surface area contributed by atoms with Gasteiger partial charge in [-0.05, 0) is 37.2 Å². The third-order valence-corrected chi connectivity index (χ3v) is 3.57. The molecule has 0 aromatic carbocycles. The maximum absolute atomic E-state index is 7.36. The molecular formula is C14H21N3O. The minimum absolute atomic E-state index is 0.0229. The van der Waals surface area contributed by atoms with Crippen LogP contribution in [0.25, 0.3) is 0 Å². The quantitative estimate of drug-likeness (QED) is 0.637. The molecule has 98 valence electrons. The first kappa shape index (κ1) is 12.9. The Hall–Kier alpha value is -1.58. The third-order valence-electron chi connectivity index (χ3n) is 3.57. The third kappa shape index (κ3) is 3.22. The van der Waals surface area contributed by atoms with Crippen molar-refractivity contribution in [2.24, 2.45) is 11.1 Å². The average Bonchev–Trinajstić information content (AvgIpc) is 2.32. The molecule has 3 N–H and O–H groups in total. The second-order valence-corrected chi connectivity index (χ2v) is 5.76. The van der Waals surface area contributed by atoms with Gasteiger partial charge in [-0.25, -0.2) is 4.98 Å². The van der Waals surface area contributed by atoms with Crippen LogP contribution >= 0.6 is 0 Å². The van der Waals surface area contributed by atoms with Gasteiger partial charge in [0.2, 0.25) is 5.88 Å². The molecule has 1 heterocycles. The molecule has 0 saturated heterocycles. The molecule has 0 spiro atoms. The van der Waals surface area contributed by atoms with Crippen molar-refractivity contribution in [3.8, 4) is 5.88 Å². The molecule has 0 radical (unpaired) electrons. The highest BCUT2D eigenvalue weighted by Gasteiger charge is 2.27. The fourth-order valence-corrected chi connectivity index (χ4v) is 2.29. The SMILES string of the molecule is CC1(C)CCC(Oc2cccc(C(=N)N)n2)CC1. The highest BCUT2D eigenvalue weighted by molar-refractivity contribution is 5.93. The molecular weight excluding hydrogens is 226 g/mol. The molecule has 1 aliphatic rings. The summed E-state index contributed by atoms with van der Waals surface area (Å²) in [4.78, 5) is 4.23. The topological polar surface area (TPSA) is 72.0 Å². The van der Waals surface area contributed by atoms with Gasteiger partial charge in [0, 0.05) is 6.07 Å². The Labute approximate surface area is 108 Å². The summed E-state index contributed by atoms with van der Waals surface area (Å²) >= 11 is 0. The number of ether oxygens (including phenoxy) is 1. The second kappa shape index (κ2) is 4.96. The zero-order valence-corrected chi connectivity index (χ0v) is 11.1. The van der Waals surface area contributed by atoms with Gasteiger partial charge in [0.1, 0.15) is 17.6 Å². The van der Waals surface area contributed by atoms with Crippen LogP contribution in [0.3, 0.4) is 0 Å². The van der Waals surface area contributed by atoms with E-state index in [2.05, 4.69) is 18.8 Å². The molecule has 2 rings (SSSR count). The summed E-state index contributed by atoms with van der Waals surface area (Å²) < 4.78 is 5.88. The summed E-state index contributed by atoms with van der Waals surface area (Å²) in [6.45, 7) is 4.61. The molecule has 1 aromatic rings. The van der Waals surface area contributed by atoms with Crippen molar-refractivity contribution in [1.29, 1.82) is 5.41 Å². The lowest BCUT2D eigenvalue weighted by Crippen LogP contribution is -2.28. The molecule has 1 aromatic heterocycles. The van der Waals surface area contributed by atoms with Crippen LogP contribution in [0.4, 0.5) is 0 Å². The van der Waals surface area contributed by atoms with Crippen molar-refractivity contribution >= 4 is 5.84 Å². The number of nitrogens with one attached hydrogen (secondary N) is 1. The number of pyridine rings is 1. The molecule has 0 bridgehead atoms. The summed E-state index contributed by atoms with van der Waals surface area (Å²) in [6, 6.07) is 5.37. The zero-order chi connectivity index (χ0) is 13.2. The standard InChI is InChI=1S/C14H21N3O/c1-14(2)8-6-10(7-9-14)18-12-5-3-4-11(17-12)13(15)16/h3-5,10H,6-9H2,1-2H3,(H3,15,16). The van der Waals surface area contributed by atoms with E-state index in [1.807, 2.05) is 12.1 Å². The van der Waals surface area contributed by atoms with Gasteiger partial charge in [-0.15, -0.1) is 0 Å². The number of aromatic nitrogens is 1. The Morgan fingerprint density at radius 1 is 1.39 bits per heavy atom. The minimum Gasteiger partial charge on any atom is -0.474 e. The number of rotatable bonds is 3. The van der Waals surface area contributed by atoms with Gasteiger partial charge in [-0.1, -0.05) is 19.9 Å². The Morgan fingerprint density at radius 2 is 2.06 bits per heavy atom. The van der Waals surface area contributed by atoms with Crippen molar-refractivity contribution in [3.05, 3.63) is 23.9 Å². The number of hydrogen-bond donors (Lipinski definition) is 2. The number of nitrogens with zero attached hydrogens (tertiary/aromatic N) is 1. The van der Waals surface area contributed by atoms with Gasteiger partial charge in [-0.2, -0.15) is 0 Å². The van der Waals surface area contributed by atoms with E-state index in [1.165, 1.54) is 12.8 Å². The maximum Gasteiger partial charge on any atom is 0.214 e. The molecule has 1 aliphatic carbocycles. The monoisotopic (exact) mass is 247 g/mol. The van der Waals surface area contributed by atoms with Crippen LogP contribution < -0.4 is 10.5 Å². The zero-order valence-electron chi connectivity index (χ0n) is 11.1. The predicted octanol–water partition coefficient (Wildman–Crippen LogP) is 2.71. The van der Waals surface area contributed by atoms with Crippen molar-refractivity contribution in [2.75, 3.05) is 0 Å². The van der Waals surface area contributed by atoms with E-state index in [4.69, 9.17) is 15.9 Å². The summed E-state index contributed by atoms with van der Waals surface area (Å²) in [5.74, 6) is 0.553. The molecule has 0 aliphatic heterocycles. The summed E-state index contributed by atoms with van der Waals surface area (Å²) in [7, 11) is 0. The van der Waals surface area contributed by atoms with Crippen LogP contribution in [-0.4, -0.2) is 16.9 Å². The predicted molar refractivity (Wildman–Crippen MR) is 71.9 cm³/mol. The number of hydrogen-bond acceptors (Lipinski definition) is 3. The van der Waals surface area contributed by atoms with Crippen LogP contribution in [0.5, 0.6) is 5.88 Å². The Morgan fingerprint density at radius 3 is 2.67 bits per heavy atom. The molecule has 0 unspecified atom stereocenters. The summed E-state index contributed by atoms with van der Waals surface area (Å²) in [6.07, 6.45) is 4.75. The first-order valence-electron chi connectivity index (χ1n) is 6.44. The van der Waals surface area contributed by atoms with Crippen LogP contribution in [0.15, 0.2) is 18.2 Å². The van der Waals surface area contributed by atoms with Gasteiger partial charge in [0.15, 0.2) is 0 Å². The van der Waals surface area contributed by atoms with E-state index in [1.54, 1.807) is 6.07 Å². The summed E-state index contributed by atoms with van der Waals surface area (Å²) in [5, 5.41) is 7.36. The molecule has 18 heavy (non-hydrogen) atoms. The summed E-state index contributed by atoms with van der Waals surface area (Å²) in [5.41, 5.74) is 6.33. The van der Waals surface area contributed by atoms with Crippen LogP contribution in [0, 0.1) is 10.8 Å². The first-order valence-corrected chi connectivity index (χ1v) is 6.44. The van der Waals surface area contributed by atoms with Crippen molar-refractivity contribution in [1.82, 2.24) is 4.98 Å². The van der Waals surface area contributed by atoms with Crippen LogP contribution in [0.2, 0.25) is 0 Å². The largest absolute Gasteiger partial charge is 0.474 e. The molecule has 1 fully saturated rings.